The van der Waals surface area contributed by atoms with Crippen LogP contribution in [0.5, 0.6) is 5.75 Å². The van der Waals surface area contributed by atoms with E-state index in [1.165, 1.54) is 16.3 Å². The normalized spacial score (nSPS) is 12.6. The molecule has 0 spiro atoms. The second kappa shape index (κ2) is 5.43. The molecule has 0 radical (unpaired) electrons. The van der Waals surface area contributed by atoms with Gasteiger partial charge in [0.2, 0.25) is 0 Å². The maximum atomic E-state index is 6.11. The van der Waals surface area contributed by atoms with Gasteiger partial charge in [-0.3, -0.25) is 0 Å². The van der Waals surface area contributed by atoms with Gasteiger partial charge in [0.1, 0.15) is 5.75 Å². The summed E-state index contributed by atoms with van der Waals surface area (Å²) in [6.07, 6.45) is 2.08. The Morgan fingerprint density at radius 1 is 1.18 bits per heavy atom. The van der Waals surface area contributed by atoms with E-state index in [9.17, 15) is 0 Å². The first-order chi connectivity index (χ1) is 8.24. The third-order valence-corrected chi connectivity index (χ3v) is 3.54. The van der Waals surface area contributed by atoms with Crippen molar-refractivity contribution in [2.45, 2.75) is 6.04 Å². The SMILES string of the molecule is COc1ccc2cc(C(N)CSC)ccc2c1. The van der Waals surface area contributed by atoms with Crippen LogP contribution >= 0.6 is 11.8 Å². The Morgan fingerprint density at radius 3 is 2.59 bits per heavy atom. The van der Waals surface area contributed by atoms with E-state index in [0.29, 0.717) is 0 Å². The lowest BCUT2D eigenvalue weighted by molar-refractivity contribution is 0.415. The van der Waals surface area contributed by atoms with Crippen LogP contribution in [-0.4, -0.2) is 19.1 Å². The summed E-state index contributed by atoms with van der Waals surface area (Å²) >= 11 is 1.77. The number of fused-ring (bicyclic) bond motifs is 1. The lowest BCUT2D eigenvalue weighted by Crippen LogP contribution is -2.12. The van der Waals surface area contributed by atoms with E-state index in [-0.39, 0.29) is 6.04 Å². The molecular formula is C14H17NOS. The molecule has 1 atom stereocenters. The Labute approximate surface area is 106 Å². The fourth-order valence-electron chi connectivity index (χ4n) is 1.88. The summed E-state index contributed by atoms with van der Waals surface area (Å²) in [5, 5.41) is 2.39. The molecule has 0 fully saturated rings. The predicted molar refractivity (Wildman–Crippen MR) is 75.8 cm³/mol. The summed E-state index contributed by atoms with van der Waals surface area (Å²) in [4.78, 5) is 0. The Bertz CT molecular complexity index is 513. The summed E-state index contributed by atoms with van der Waals surface area (Å²) in [7, 11) is 1.68. The summed E-state index contributed by atoms with van der Waals surface area (Å²) < 4.78 is 5.21. The molecule has 2 nitrogen and oxygen atoms in total. The molecule has 2 aromatic carbocycles. The summed E-state index contributed by atoms with van der Waals surface area (Å²) in [6.45, 7) is 0. The maximum Gasteiger partial charge on any atom is 0.119 e. The third-order valence-electron chi connectivity index (χ3n) is 2.85. The summed E-state index contributed by atoms with van der Waals surface area (Å²) in [5.74, 6) is 1.83. The molecule has 0 aliphatic carbocycles. The van der Waals surface area contributed by atoms with Crippen molar-refractivity contribution in [2.75, 3.05) is 19.1 Å². The van der Waals surface area contributed by atoms with Gasteiger partial charge in [-0.15, -0.1) is 0 Å². The van der Waals surface area contributed by atoms with Gasteiger partial charge >= 0.3 is 0 Å². The van der Waals surface area contributed by atoms with E-state index in [1.807, 2.05) is 12.1 Å². The molecular weight excluding hydrogens is 230 g/mol. The van der Waals surface area contributed by atoms with E-state index in [4.69, 9.17) is 10.5 Å². The van der Waals surface area contributed by atoms with Crippen molar-refractivity contribution < 1.29 is 4.74 Å². The molecule has 17 heavy (non-hydrogen) atoms. The molecule has 0 aromatic heterocycles. The quantitative estimate of drug-likeness (QED) is 0.901. The Hall–Kier alpha value is -1.19. The fourth-order valence-corrected chi connectivity index (χ4v) is 2.43. The minimum atomic E-state index is 0.108. The van der Waals surface area contributed by atoms with Gasteiger partial charge in [0.25, 0.3) is 0 Å². The largest absolute Gasteiger partial charge is 0.497 e. The smallest absolute Gasteiger partial charge is 0.119 e. The maximum absolute atomic E-state index is 6.11. The number of ether oxygens (including phenoxy) is 1. The zero-order valence-corrected chi connectivity index (χ0v) is 11.0. The van der Waals surface area contributed by atoms with Crippen molar-refractivity contribution in [2.24, 2.45) is 5.73 Å². The van der Waals surface area contributed by atoms with Crippen molar-refractivity contribution in [1.82, 2.24) is 0 Å². The topological polar surface area (TPSA) is 35.2 Å². The number of hydrogen-bond acceptors (Lipinski definition) is 3. The minimum Gasteiger partial charge on any atom is -0.497 e. The van der Waals surface area contributed by atoms with Crippen LogP contribution < -0.4 is 10.5 Å². The van der Waals surface area contributed by atoms with Crippen molar-refractivity contribution in [3.05, 3.63) is 42.0 Å². The summed E-state index contributed by atoms with van der Waals surface area (Å²) in [5.41, 5.74) is 7.30. The van der Waals surface area contributed by atoms with E-state index < -0.39 is 0 Å². The molecule has 3 heteroatoms. The highest BCUT2D eigenvalue weighted by molar-refractivity contribution is 7.98. The van der Waals surface area contributed by atoms with Gasteiger partial charge in [-0.1, -0.05) is 18.2 Å². The van der Waals surface area contributed by atoms with Gasteiger partial charge in [-0.2, -0.15) is 11.8 Å². The van der Waals surface area contributed by atoms with Crippen LogP contribution in [0, 0.1) is 0 Å². The number of hydrogen-bond donors (Lipinski definition) is 1. The first-order valence-electron chi connectivity index (χ1n) is 5.57. The van der Waals surface area contributed by atoms with Gasteiger partial charge in [-0.25, -0.2) is 0 Å². The lowest BCUT2D eigenvalue weighted by Gasteiger charge is -2.11. The fraction of sp³-hybridized carbons (Fsp3) is 0.286. The first-order valence-corrected chi connectivity index (χ1v) is 6.96. The highest BCUT2D eigenvalue weighted by Crippen LogP contribution is 2.24. The van der Waals surface area contributed by atoms with Crippen LogP contribution in [0.3, 0.4) is 0 Å². The number of nitrogens with two attached hydrogens (primary N) is 1. The monoisotopic (exact) mass is 247 g/mol. The minimum absolute atomic E-state index is 0.108. The van der Waals surface area contributed by atoms with E-state index in [2.05, 4.69) is 30.5 Å². The predicted octanol–water partition coefficient (Wildman–Crippen LogP) is 3.21. The molecule has 0 bridgehead atoms. The molecule has 2 aromatic rings. The lowest BCUT2D eigenvalue weighted by atomic mass is 10.0. The number of rotatable bonds is 4. The van der Waals surface area contributed by atoms with Crippen LogP contribution in [0.15, 0.2) is 36.4 Å². The Balaban J connectivity index is 2.37. The molecule has 0 aliphatic rings. The van der Waals surface area contributed by atoms with E-state index >= 15 is 0 Å². The molecule has 0 saturated heterocycles. The molecule has 0 heterocycles. The molecule has 90 valence electrons. The molecule has 0 amide bonds. The molecule has 1 unspecified atom stereocenters. The van der Waals surface area contributed by atoms with Gasteiger partial charge in [0, 0.05) is 11.8 Å². The molecule has 2 rings (SSSR count). The second-order valence-corrected chi connectivity index (χ2v) is 4.95. The van der Waals surface area contributed by atoms with Crippen LogP contribution in [0.25, 0.3) is 10.8 Å². The number of benzene rings is 2. The highest BCUT2D eigenvalue weighted by Gasteiger charge is 2.06. The van der Waals surface area contributed by atoms with Crippen LogP contribution in [0.1, 0.15) is 11.6 Å². The van der Waals surface area contributed by atoms with Crippen LogP contribution in [0.2, 0.25) is 0 Å². The molecule has 2 N–H and O–H groups in total. The van der Waals surface area contributed by atoms with Gasteiger partial charge in [0.05, 0.1) is 7.11 Å². The standard InChI is InChI=1S/C14H17NOS/c1-16-13-6-5-10-7-12(14(15)9-17-2)4-3-11(10)8-13/h3-8,14H,9,15H2,1-2H3. The number of methoxy groups -OCH3 is 1. The van der Waals surface area contributed by atoms with Crippen molar-refractivity contribution in [3.8, 4) is 5.75 Å². The van der Waals surface area contributed by atoms with Gasteiger partial charge in [0.15, 0.2) is 0 Å². The van der Waals surface area contributed by atoms with E-state index in [0.717, 1.165) is 11.5 Å². The third kappa shape index (κ3) is 2.73. The highest BCUT2D eigenvalue weighted by atomic mass is 32.2. The molecule has 0 aliphatic heterocycles. The van der Waals surface area contributed by atoms with Crippen molar-refractivity contribution >= 4 is 22.5 Å². The van der Waals surface area contributed by atoms with Crippen molar-refractivity contribution in [1.29, 1.82) is 0 Å². The zero-order valence-electron chi connectivity index (χ0n) is 10.1. The molecule has 0 saturated carbocycles. The summed E-state index contributed by atoms with van der Waals surface area (Å²) in [6, 6.07) is 12.6. The van der Waals surface area contributed by atoms with Gasteiger partial charge in [-0.05, 0) is 40.8 Å². The van der Waals surface area contributed by atoms with Gasteiger partial charge < -0.3 is 10.5 Å². The average Bonchev–Trinajstić information content (AvgIpc) is 2.37. The average molecular weight is 247 g/mol. The Morgan fingerprint density at radius 2 is 1.88 bits per heavy atom. The second-order valence-electron chi connectivity index (χ2n) is 4.03. The van der Waals surface area contributed by atoms with Crippen LogP contribution in [-0.2, 0) is 0 Å². The zero-order chi connectivity index (χ0) is 12.3. The Kier molecular flexibility index (Phi) is 3.92. The van der Waals surface area contributed by atoms with Crippen molar-refractivity contribution in [3.63, 3.8) is 0 Å². The number of thioether (sulfide) groups is 1. The first kappa shape index (κ1) is 12.3. The van der Waals surface area contributed by atoms with E-state index in [1.54, 1.807) is 18.9 Å². The van der Waals surface area contributed by atoms with Crippen LogP contribution in [0.4, 0.5) is 0 Å².